The summed E-state index contributed by atoms with van der Waals surface area (Å²) in [5.41, 5.74) is 12.1. The van der Waals surface area contributed by atoms with Crippen molar-refractivity contribution in [1.82, 2.24) is 9.78 Å². The van der Waals surface area contributed by atoms with Crippen LogP contribution in [-0.4, -0.2) is 21.6 Å². The number of alkyl halides is 3. The minimum Gasteiger partial charge on any atom is -0.368 e. The van der Waals surface area contributed by atoms with Crippen molar-refractivity contribution >= 4 is 33.2 Å². The van der Waals surface area contributed by atoms with E-state index in [2.05, 4.69) is 5.10 Å². The summed E-state index contributed by atoms with van der Waals surface area (Å²) in [7, 11) is 0. The van der Waals surface area contributed by atoms with Gasteiger partial charge in [-0.1, -0.05) is 24.3 Å². The van der Waals surface area contributed by atoms with Gasteiger partial charge in [-0.15, -0.1) is 11.3 Å². The number of amides is 2. The highest BCUT2D eigenvalue weighted by molar-refractivity contribution is 7.19. The van der Waals surface area contributed by atoms with Crippen LogP contribution in [-0.2, 0) is 30.4 Å². The van der Waals surface area contributed by atoms with Crippen molar-refractivity contribution < 1.29 is 27.2 Å². The number of hydrogen-bond donors (Lipinski definition) is 2. The molecule has 0 aliphatic heterocycles. The fourth-order valence-corrected chi connectivity index (χ4v) is 5.29. The number of carbonyl (C=O) groups excluding carboxylic acids is 2. The molecule has 0 atom stereocenters. The molecule has 4 aromatic rings. The van der Waals surface area contributed by atoms with E-state index in [4.69, 9.17) is 11.5 Å². The molecule has 2 amide bonds. The Morgan fingerprint density at radius 3 is 2.49 bits per heavy atom. The number of hydrogen-bond acceptors (Lipinski definition) is 4. The lowest BCUT2D eigenvalue weighted by Crippen LogP contribution is -2.22. The number of halogens is 4. The second-order valence-corrected chi connectivity index (χ2v) is 9.25. The van der Waals surface area contributed by atoms with Crippen LogP contribution in [0, 0.1) is 12.7 Å². The molecule has 0 saturated carbocycles. The third kappa shape index (κ3) is 5.04. The summed E-state index contributed by atoms with van der Waals surface area (Å²) in [6.07, 6.45) is -4.15. The third-order valence-electron chi connectivity index (χ3n) is 5.54. The Labute approximate surface area is 201 Å². The Hall–Kier alpha value is -3.73. The van der Waals surface area contributed by atoms with E-state index in [0.717, 1.165) is 12.1 Å². The van der Waals surface area contributed by atoms with Crippen LogP contribution in [0.15, 0.2) is 42.5 Å². The number of aromatic nitrogens is 2. The van der Waals surface area contributed by atoms with Crippen molar-refractivity contribution in [1.29, 1.82) is 0 Å². The van der Waals surface area contributed by atoms with Gasteiger partial charge in [0.15, 0.2) is 0 Å². The molecule has 11 heteroatoms. The molecule has 4 N–H and O–H groups in total. The van der Waals surface area contributed by atoms with Crippen molar-refractivity contribution in [3.05, 3.63) is 86.8 Å². The van der Waals surface area contributed by atoms with Gasteiger partial charge in [0.2, 0.25) is 5.91 Å². The number of fused-ring (bicyclic) bond motifs is 1. The van der Waals surface area contributed by atoms with E-state index in [1.54, 1.807) is 25.1 Å². The SMILES string of the molecule is Cc1nn(CC(N)=O)c(Cc2ccc(F)c3cc(Cc4cccc(C(F)(F)F)c4)sc23)c1C(N)=O. The molecule has 6 nitrogen and oxygen atoms in total. The highest BCUT2D eigenvalue weighted by Gasteiger charge is 2.30. The first-order valence-corrected chi connectivity index (χ1v) is 11.3. The van der Waals surface area contributed by atoms with Gasteiger partial charge < -0.3 is 11.5 Å². The fourth-order valence-electron chi connectivity index (χ4n) is 4.07. The molecular formula is C24H20F4N4O2S. The van der Waals surface area contributed by atoms with Crippen LogP contribution >= 0.6 is 11.3 Å². The molecule has 0 saturated heterocycles. The molecule has 2 aromatic heterocycles. The number of nitrogens with zero attached hydrogens (tertiary/aromatic N) is 2. The van der Waals surface area contributed by atoms with Gasteiger partial charge in [-0.05, 0) is 36.2 Å². The number of benzene rings is 2. The molecule has 0 unspecified atom stereocenters. The molecule has 0 aliphatic rings. The smallest absolute Gasteiger partial charge is 0.368 e. The lowest BCUT2D eigenvalue weighted by atomic mass is 10.0. The number of carbonyl (C=O) groups is 2. The number of rotatable bonds is 7. The summed E-state index contributed by atoms with van der Waals surface area (Å²) < 4.78 is 55.8. The van der Waals surface area contributed by atoms with E-state index in [1.807, 2.05) is 0 Å². The van der Waals surface area contributed by atoms with Gasteiger partial charge in [0.25, 0.3) is 5.91 Å². The van der Waals surface area contributed by atoms with Crippen molar-refractivity contribution in [2.45, 2.75) is 32.5 Å². The third-order valence-corrected chi connectivity index (χ3v) is 6.75. The van der Waals surface area contributed by atoms with Crippen LogP contribution in [0.1, 0.15) is 43.3 Å². The van der Waals surface area contributed by atoms with E-state index in [0.29, 0.717) is 37.5 Å². The number of primary amides is 2. The Bertz CT molecular complexity index is 1460. The lowest BCUT2D eigenvalue weighted by molar-refractivity contribution is -0.137. The number of aryl methyl sites for hydroxylation is 1. The van der Waals surface area contributed by atoms with Gasteiger partial charge in [-0.2, -0.15) is 18.3 Å². The topological polar surface area (TPSA) is 104 Å². The first-order chi connectivity index (χ1) is 16.4. The van der Waals surface area contributed by atoms with Crippen LogP contribution < -0.4 is 11.5 Å². The summed E-state index contributed by atoms with van der Waals surface area (Å²) in [6, 6.07) is 9.45. The molecule has 0 bridgehead atoms. The fraction of sp³-hybridized carbons (Fsp3) is 0.208. The van der Waals surface area contributed by atoms with Crippen LogP contribution in [0.25, 0.3) is 10.1 Å². The van der Waals surface area contributed by atoms with Crippen molar-refractivity contribution in [2.24, 2.45) is 11.5 Å². The van der Waals surface area contributed by atoms with Gasteiger partial charge in [-0.3, -0.25) is 14.3 Å². The Balaban J connectivity index is 1.75. The second kappa shape index (κ2) is 9.14. The van der Waals surface area contributed by atoms with Gasteiger partial charge in [0.05, 0.1) is 22.5 Å². The van der Waals surface area contributed by atoms with E-state index >= 15 is 0 Å². The highest BCUT2D eigenvalue weighted by Crippen LogP contribution is 2.35. The molecule has 4 rings (SSSR count). The van der Waals surface area contributed by atoms with Gasteiger partial charge in [0, 0.05) is 27.8 Å². The number of thiophene rings is 1. The Morgan fingerprint density at radius 1 is 1.09 bits per heavy atom. The predicted molar refractivity (Wildman–Crippen MR) is 124 cm³/mol. The summed E-state index contributed by atoms with van der Waals surface area (Å²) in [5, 5.41) is 4.52. The Kier molecular flexibility index (Phi) is 6.37. The van der Waals surface area contributed by atoms with E-state index in [1.165, 1.54) is 28.2 Å². The second-order valence-electron chi connectivity index (χ2n) is 8.11. The maximum absolute atomic E-state index is 14.6. The molecule has 35 heavy (non-hydrogen) atoms. The first kappa shape index (κ1) is 24.4. The molecule has 0 radical (unpaired) electrons. The first-order valence-electron chi connectivity index (χ1n) is 10.4. The normalized spacial score (nSPS) is 11.8. The molecule has 2 aromatic carbocycles. The van der Waals surface area contributed by atoms with Crippen molar-refractivity contribution in [2.75, 3.05) is 0 Å². The Morgan fingerprint density at radius 2 is 1.83 bits per heavy atom. The summed E-state index contributed by atoms with van der Waals surface area (Å²) in [5.74, 6) is -1.86. The standard InChI is InChI=1S/C24H20F4N4O2S/c1-12-21(23(30)34)19(32(31-12)11-20(29)33)9-14-5-6-18(25)17-10-16(35-22(14)17)8-13-3-2-4-15(7-13)24(26,27)28/h2-7,10H,8-9,11H2,1H3,(H2,29,33)(H2,30,34). The van der Waals surface area contributed by atoms with E-state index < -0.39 is 29.4 Å². The largest absolute Gasteiger partial charge is 0.416 e. The summed E-state index contributed by atoms with van der Waals surface area (Å²) in [4.78, 5) is 24.3. The average Bonchev–Trinajstić information content (AvgIpc) is 3.30. The van der Waals surface area contributed by atoms with Crippen molar-refractivity contribution in [3.8, 4) is 0 Å². The maximum atomic E-state index is 14.6. The van der Waals surface area contributed by atoms with Crippen LogP contribution in [0.5, 0.6) is 0 Å². The molecule has 0 aliphatic carbocycles. The van der Waals surface area contributed by atoms with Crippen LogP contribution in [0.4, 0.5) is 17.6 Å². The quantitative estimate of drug-likeness (QED) is 0.366. The lowest BCUT2D eigenvalue weighted by Gasteiger charge is -2.09. The zero-order valence-electron chi connectivity index (χ0n) is 18.4. The van der Waals surface area contributed by atoms with Crippen LogP contribution in [0.2, 0.25) is 0 Å². The molecule has 0 spiro atoms. The van der Waals surface area contributed by atoms with E-state index in [-0.39, 0.29) is 24.9 Å². The van der Waals surface area contributed by atoms with Gasteiger partial charge in [-0.25, -0.2) is 4.39 Å². The summed E-state index contributed by atoms with van der Waals surface area (Å²) in [6.45, 7) is 1.32. The predicted octanol–water partition coefficient (Wildman–Crippen LogP) is 4.33. The molecule has 2 heterocycles. The molecule has 0 fully saturated rings. The zero-order chi connectivity index (χ0) is 25.5. The van der Waals surface area contributed by atoms with Gasteiger partial charge >= 0.3 is 6.18 Å². The molecular weight excluding hydrogens is 484 g/mol. The summed E-state index contributed by atoms with van der Waals surface area (Å²) >= 11 is 1.25. The van der Waals surface area contributed by atoms with Crippen molar-refractivity contribution in [3.63, 3.8) is 0 Å². The zero-order valence-corrected chi connectivity index (χ0v) is 19.3. The monoisotopic (exact) mass is 504 g/mol. The minimum absolute atomic E-state index is 0.118. The number of nitrogens with two attached hydrogens (primary N) is 2. The average molecular weight is 505 g/mol. The van der Waals surface area contributed by atoms with E-state index in [9.17, 15) is 27.2 Å². The van der Waals surface area contributed by atoms with Crippen LogP contribution in [0.3, 0.4) is 0 Å². The minimum atomic E-state index is -4.46. The maximum Gasteiger partial charge on any atom is 0.416 e. The highest BCUT2D eigenvalue weighted by atomic mass is 32.1. The molecule has 182 valence electrons. The van der Waals surface area contributed by atoms with Gasteiger partial charge in [0.1, 0.15) is 12.4 Å².